The van der Waals surface area contributed by atoms with E-state index in [0.29, 0.717) is 11.8 Å². The first kappa shape index (κ1) is 19.3. The Morgan fingerprint density at radius 2 is 1.25 bits per heavy atom. The predicted octanol–water partition coefficient (Wildman–Crippen LogP) is 6.91. The summed E-state index contributed by atoms with van der Waals surface area (Å²) in [7, 11) is 0. The van der Waals surface area contributed by atoms with Gasteiger partial charge in [0.05, 0.1) is 0 Å². The Kier molecular flexibility index (Phi) is 6.32. The molecule has 0 aromatic heterocycles. The summed E-state index contributed by atoms with van der Waals surface area (Å²) in [5, 5.41) is 0. The molecule has 0 N–H and O–H groups in total. The fraction of sp³-hybridized carbons (Fsp3) is 0.455. The molecule has 0 radical (unpaired) electrons. The zero-order valence-electron chi connectivity index (χ0n) is 16.1. The van der Waals surface area contributed by atoms with Crippen molar-refractivity contribution < 1.29 is 17.1 Å². The zero-order chi connectivity index (χ0) is 17.9. The van der Waals surface area contributed by atoms with Crippen LogP contribution in [0.3, 0.4) is 0 Å². The van der Waals surface area contributed by atoms with Gasteiger partial charge in [-0.15, -0.1) is 0 Å². The Labute approximate surface area is 153 Å². The number of nitrogens with zero attached hydrogens (tertiary/aromatic N) is 1. The SMILES string of the molecule is CC(C)c1cccc(C(C)C)[c]1[Mo](=[N]c1ccccc1)[C](C)(C)C. The standard InChI is InChI=1S/C12H17.C6H5N.C4H9.Mo/c1-9(2)11-6-5-7-12(8-11)10(3)4;7-6-4-2-1-3-5-6;1-4(2)3;/h5-7,9-10H,1-4H3;1-5H;1-3H3;. The second-order valence-corrected chi connectivity index (χ2v) is 13.8. The van der Waals surface area contributed by atoms with Crippen LogP contribution in [-0.4, -0.2) is 0 Å². The topological polar surface area (TPSA) is 12.4 Å². The third-order valence-corrected chi connectivity index (χ3v) is 9.97. The van der Waals surface area contributed by atoms with E-state index in [-0.39, 0.29) is 3.80 Å². The molecule has 0 aliphatic heterocycles. The van der Waals surface area contributed by atoms with Crippen molar-refractivity contribution in [1.82, 2.24) is 0 Å². The van der Waals surface area contributed by atoms with Crippen molar-refractivity contribution in [2.24, 2.45) is 3.50 Å². The summed E-state index contributed by atoms with van der Waals surface area (Å²) in [4.78, 5) is 0. The summed E-state index contributed by atoms with van der Waals surface area (Å²) in [5.74, 6) is 1.07. The molecule has 2 aromatic carbocycles. The van der Waals surface area contributed by atoms with Crippen LogP contribution in [0.5, 0.6) is 0 Å². The average molecular weight is 405 g/mol. The van der Waals surface area contributed by atoms with Crippen LogP contribution in [0.15, 0.2) is 52.0 Å². The predicted molar refractivity (Wildman–Crippen MR) is 102 cm³/mol. The van der Waals surface area contributed by atoms with Crippen LogP contribution in [0.4, 0.5) is 5.69 Å². The molecule has 0 spiro atoms. The molecule has 2 rings (SSSR count). The van der Waals surface area contributed by atoms with Gasteiger partial charge < -0.3 is 0 Å². The van der Waals surface area contributed by atoms with Gasteiger partial charge in [-0.05, 0) is 0 Å². The van der Waals surface area contributed by atoms with Gasteiger partial charge in [0.15, 0.2) is 0 Å². The molecule has 0 saturated carbocycles. The van der Waals surface area contributed by atoms with Crippen molar-refractivity contribution >= 4 is 9.64 Å². The fourth-order valence-corrected chi connectivity index (χ4v) is 8.60. The molecule has 0 bridgehead atoms. The summed E-state index contributed by atoms with van der Waals surface area (Å²) >= 11 is -1.96. The summed E-state index contributed by atoms with van der Waals surface area (Å²) in [6.45, 7) is 16.4. The molecule has 2 aromatic rings. The Hall–Kier alpha value is -1.07. The van der Waals surface area contributed by atoms with Gasteiger partial charge in [-0.1, -0.05) is 0 Å². The van der Waals surface area contributed by atoms with Gasteiger partial charge >= 0.3 is 154 Å². The molecule has 0 aliphatic rings. The van der Waals surface area contributed by atoms with Crippen LogP contribution in [-0.2, 0) is 17.1 Å². The molecular formula is C22H31MoN. The molecule has 0 fully saturated rings. The number of hydrogen-bond acceptors (Lipinski definition) is 1. The van der Waals surface area contributed by atoms with E-state index < -0.39 is 17.1 Å². The number of rotatable bonds is 4. The van der Waals surface area contributed by atoms with Crippen molar-refractivity contribution in [3.8, 4) is 0 Å². The van der Waals surface area contributed by atoms with Crippen molar-refractivity contribution in [3.05, 3.63) is 59.7 Å². The van der Waals surface area contributed by atoms with Gasteiger partial charge in [0.2, 0.25) is 0 Å². The van der Waals surface area contributed by atoms with Crippen LogP contribution in [0.2, 0.25) is 3.80 Å². The van der Waals surface area contributed by atoms with E-state index in [4.69, 9.17) is 3.50 Å². The first-order chi connectivity index (χ1) is 11.2. The summed E-state index contributed by atoms with van der Waals surface area (Å²) in [6, 6.07) is 17.4. The van der Waals surface area contributed by atoms with Crippen molar-refractivity contribution in [1.29, 1.82) is 0 Å². The summed E-state index contributed by atoms with van der Waals surface area (Å²) < 4.78 is 7.19. The average Bonchev–Trinajstić information content (AvgIpc) is 2.51. The van der Waals surface area contributed by atoms with E-state index in [1.165, 1.54) is 11.1 Å². The van der Waals surface area contributed by atoms with Crippen LogP contribution < -0.4 is 3.95 Å². The van der Waals surface area contributed by atoms with Crippen LogP contribution in [0, 0.1) is 0 Å². The van der Waals surface area contributed by atoms with Crippen LogP contribution in [0.25, 0.3) is 0 Å². The summed E-state index contributed by atoms with van der Waals surface area (Å²) in [6.07, 6.45) is 0. The maximum absolute atomic E-state index is 5.36. The van der Waals surface area contributed by atoms with Gasteiger partial charge in [0, 0.05) is 0 Å². The van der Waals surface area contributed by atoms with E-state index in [2.05, 4.69) is 97.0 Å². The molecule has 0 unspecified atom stereocenters. The van der Waals surface area contributed by atoms with E-state index in [1.54, 1.807) is 3.95 Å². The van der Waals surface area contributed by atoms with Gasteiger partial charge in [-0.3, -0.25) is 0 Å². The molecule has 0 saturated heterocycles. The van der Waals surface area contributed by atoms with Crippen molar-refractivity contribution in [2.45, 2.75) is 64.1 Å². The van der Waals surface area contributed by atoms with Gasteiger partial charge in [-0.25, -0.2) is 0 Å². The minimum atomic E-state index is -1.96. The third kappa shape index (κ3) is 4.51. The fourth-order valence-electron chi connectivity index (χ4n) is 2.79. The van der Waals surface area contributed by atoms with Crippen LogP contribution >= 0.6 is 0 Å². The molecule has 130 valence electrons. The van der Waals surface area contributed by atoms with Gasteiger partial charge in [-0.2, -0.15) is 0 Å². The van der Waals surface area contributed by atoms with Crippen molar-refractivity contribution in [3.63, 3.8) is 0 Å². The normalized spacial score (nSPS) is 13.7. The monoisotopic (exact) mass is 407 g/mol. The number of benzene rings is 2. The molecule has 1 nitrogen and oxygen atoms in total. The second-order valence-electron chi connectivity index (χ2n) is 7.90. The Bertz CT molecular complexity index is 680. The maximum atomic E-state index is 5.36. The molecule has 0 aliphatic carbocycles. The minimum absolute atomic E-state index is 0.230. The molecular weight excluding hydrogens is 374 g/mol. The summed E-state index contributed by atoms with van der Waals surface area (Å²) in [5.41, 5.74) is 4.15. The first-order valence-electron chi connectivity index (χ1n) is 8.86. The van der Waals surface area contributed by atoms with E-state index >= 15 is 0 Å². The Morgan fingerprint density at radius 1 is 0.750 bits per heavy atom. The Morgan fingerprint density at radius 3 is 1.67 bits per heavy atom. The van der Waals surface area contributed by atoms with E-state index in [1.807, 2.05) is 0 Å². The van der Waals surface area contributed by atoms with Gasteiger partial charge in [0.1, 0.15) is 0 Å². The van der Waals surface area contributed by atoms with E-state index in [9.17, 15) is 0 Å². The molecule has 0 atom stereocenters. The Balaban J connectivity index is 2.78. The third-order valence-electron chi connectivity index (χ3n) is 4.05. The van der Waals surface area contributed by atoms with Crippen molar-refractivity contribution in [2.75, 3.05) is 0 Å². The number of hydrogen-bond donors (Lipinski definition) is 0. The molecule has 2 heteroatoms. The second kappa shape index (κ2) is 7.87. The molecule has 0 amide bonds. The molecule has 0 heterocycles. The van der Waals surface area contributed by atoms with Crippen LogP contribution in [0.1, 0.15) is 71.4 Å². The van der Waals surface area contributed by atoms with E-state index in [0.717, 1.165) is 5.69 Å². The zero-order valence-corrected chi connectivity index (χ0v) is 18.1. The molecule has 24 heavy (non-hydrogen) atoms. The first-order valence-corrected chi connectivity index (χ1v) is 11.8. The quantitative estimate of drug-likeness (QED) is 0.490. The van der Waals surface area contributed by atoms with Gasteiger partial charge in [0.25, 0.3) is 0 Å².